The van der Waals surface area contributed by atoms with Gasteiger partial charge in [0.05, 0.1) is 0 Å². The van der Waals surface area contributed by atoms with E-state index in [1.807, 2.05) is 0 Å². The lowest BCUT2D eigenvalue weighted by Gasteiger charge is -1.90. The van der Waals surface area contributed by atoms with Gasteiger partial charge in [0, 0.05) is 24.9 Å². The molecule has 4 heteroatoms. The summed E-state index contributed by atoms with van der Waals surface area (Å²) in [6, 6.07) is 0. The van der Waals surface area contributed by atoms with Crippen molar-refractivity contribution >= 4 is 24.9 Å². The first kappa shape index (κ1) is 5.81. The first-order chi connectivity index (χ1) is 4.43. The highest BCUT2D eigenvalue weighted by atomic mass is 15.2. The molecule has 0 aromatic rings. The monoisotopic (exact) mass is 122 g/mol. The van der Waals surface area contributed by atoms with Gasteiger partial charge in [0.15, 0.2) is 0 Å². The van der Waals surface area contributed by atoms with Crippen LogP contribution < -0.4 is 0 Å². The fourth-order valence-electron chi connectivity index (χ4n) is 0.466. The van der Waals surface area contributed by atoms with E-state index in [-0.39, 0.29) is 6.29 Å². The molecule has 1 aliphatic heterocycles. The molecule has 0 atom stereocenters. The van der Waals surface area contributed by atoms with E-state index < -0.39 is 0 Å². The molecular formula is C5H6N4. The first-order valence-corrected chi connectivity index (χ1v) is 2.50. The zero-order chi connectivity index (χ0) is 6.53. The molecule has 9 heavy (non-hydrogen) atoms. The highest BCUT2D eigenvalue weighted by molar-refractivity contribution is 6.18. The second-order valence-electron chi connectivity index (χ2n) is 1.41. The van der Waals surface area contributed by atoms with Crippen LogP contribution >= 0.6 is 0 Å². The van der Waals surface area contributed by atoms with E-state index in [1.165, 1.54) is 6.21 Å². The van der Waals surface area contributed by atoms with Crippen molar-refractivity contribution in [1.29, 1.82) is 5.41 Å². The van der Waals surface area contributed by atoms with Gasteiger partial charge in [-0.25, -0.2) is 15.0 Å². The maximum atomic E-state index is 6.59. The Balaban J connectivity index is 2.45. The lowest BCUT2D eigenvalue weighted by atomic mass is 10.8. The topological polar surface area (TPSA) is 60.9 Å². The summed E-state index contributed by atoms with van der Waals surface area (Å²) in [5.41, 5.74) is 0. The van der Waals surface area contributed by atoms with Crippen LogP contribution in [0, 0.1) is 5.41 Å². The highest BCUT2D eigenvalue weighted by Crippen LogP contribution is 1.95. The summed E-state index contributed by atoms with van der Waals surface area (Å²) >= 11 is 0. The summed E-state index contributed by atoms with van der Waals surface area (Å²) in [5, 5.41) is 6.59. The maximum absolute atomic E-state index is 6.59. The van der Waals surface area contributed by atoms with Crippen molar-refractivity contribution in [2.24, 2.45) is 15.0 Å². The van der Waals surface area contributed by atoms with Gasteiger partial charge in [-0.2, -0.15) is 0 Å². The van der Waals surface area contributed by atoms with E-state index in [4.69, 9.17) is 5.41 Å². The van der Waals surface area contributed by atoms with Crippen LogP contribution in [0.5, 0.6) is 0 Å². The van der Waals surface area contributed by atoms with Crippen molar-refractivity contribution in [1.82, 2.24) is 0 Å². The molecule has 0 aromatic carbocycles. The average Bonchev–Trinajstić information content (AvgIpc) is 2.34. The molecule has 0 aliphatic carbocycles. The number of rotatable bonds is 2. The van der Waals surface area contributed by atoms with Crippen molar-refractivity contribution in [2.45, 2.75) is 6.29 Å². The number of nitrogens with zero attached hydrogens (tertiary/aromatic N) is 3. The van der Waals surface area contributed by atoms with E-state index in [2.05, 4.69) is 15.0 Å². The van der Waals surface area contributed by atoms with Crippen molar-refractivity contribution in [3.63, 3.8) is 0 Å². The molecule has 1 aliphatic rings. The van der Waals surface area contributed by atoms with Gasteiger partial charge in [0.25, 0.3) is 0 Å². The molecule has 0 saturated heterocycles. The normalized spacial score (nSPS) is 17.8. The van der Waals surface area contributed by atoms with E-state index in [1.54, 1.807) is 12.4 Å². The highest BCUT2D eigenvalue weighted by Gasteiger charge is 1.97. The van der Waals surface area contributed by atoms with Gasteiger partial charge >= 0.3 is 0 Å². The maximum Gasteiger partial charge on any atom is 0.233 e. The van der Waals surface area contributed by atoms with E-state index in [9.17, 15) is 0 Å². The minimum atomic E-state index is -0.327. The molecular weight excluding hydrogens is 116 g/mol. The molecule has 1 heterocycles. The Kier molecular flexibility index (Phi) is 1.85. The van der Waals surface area contributed by atoms with Gasteiger partial charge in [0.1, 0.15) is 0 Å². The summed E-state index contributed by atoms with van der Waals surface area (Å²) in [5.74, 6) is 0. The van der Waals surface area contributed by atoms with Crippen molar-refractivity contribution in [2.75, 3.05) is 0 Å². The van der Waals surface area contributed by atoms with E-state index in [0.717, 1.165) is 6.21 Å². The van der Waals surface area contributed by atoms with Gasteiger partial charge in [-0.3, -0.25) is 0 Å². The Labute approximate surface area is 52.6 Å². The van der Waals surface area contributed by atoms with E-state index in [0.29, 0.717) is 0 Å². The summed E-state index contributed by atoms with van der Waals surface area (Å²) in [6.45, 7) is 0. The Bertz CT molecular complexity index is 167. The summed E-state index contributed by atoms with van der Waals surface area (Å²) < 4.78 is 0. The van der Waals surface area contributed by atoms with Gasteiger partial charge < -0.3 is 5.41 Å². The molecule has 0 radical (unpaired) electrons. The molecule has 4 nitrogen and oxygen atoms in total. The van der Waals surface area contributed by atoms with Gasteiger partial charge in [-0.05, 0) is 0 Å². The lowest BCUT2D eigenvalue weighted by molar-refractivity contribution is 0.783. The molecule has 0 spiro atoms. The summed E-state index contributed by atoms with van der Waals surface area (Å²) in [6.07, 6.45) is 5.32. The molecule has 0 unspecified atom stereocenters. The van der Waals surface area contributed by atoms with Gasteiger partial charge in [-0.1, -0.05) is 0 Å². The minimum Gasteiger partial charge on any atom is -0.307 e. The van der Waals surface area contributed by atoms with Crippen LogP contribution in [0.15, 0.2) is 15.0 Å². The van der Waals surface area contributed by atoms with E-state index >= 15 is 0 Å². The fourth-order valence-corrected chi connectivity index (χ4v) is 0.466. The SMILES string of the molecule is N=CC=NC1N=CC=N1. The van der Waals surface area contributed by atoms with Crippen molar-refractivity contribution < 1.29 is 0 Å². The van der Waals surface area contributed by atoms with Crippen LogP contribution in [-0.2, 0) is 0 Å². The quantitative estimate of drug-likeness (QED) is 0.507. The minimum absolute atomic E-state index is 0.327. The second kappa shape index (κ2) is 2.86. The number of hydrogen-bond acceptors (Lipinski definition) is 4. The lowest BCUT2D eigenvalue weighted by Crippen LogP contribution is -1.91. The van der Waals surface area contributed by atoms with Crippen LogP contribution in [-0.4, -0.2) is 31.1 Å². The van der Waals surface area contributed by atoms with Crippen LogP contribution in [0.25, 0.3) is 0 Å². The molecule has 46 valence electrons. The Morgan fingerprint density at radius 1 is 1.44 bits per heavy atom. The Morgan fingerprint density at radius 2 is 2.11 bits per heavy atom. The second-order valence-corrected chi connectivity index (χ2v) is 1.41. The van der Waals surface area contributed by atoms with Gasteiger partial charge in [0.2, 0.25) is 6.29 Å². The molecule has 0 bridgehead atoms. The third-order valence-electron chi connectivity index (χ3n) is 0.799. The average molecular weight is 122 g/mol. The van der Waals surface area contributed by atoms with Crippen molar-refractivity contribution in [3.05, 3.63) is 0 Å². The van der Waals surface area contributed by atoms with Gasteiger partial charge in [-0.15, -0.1) is 0 Å². The van der Waals surface area contributed by atoms with Crippen LogP contribution in [0.1, 0.15) is 0 Å². The molecule has 1 N–H and O–H groups in total. The molecule has 1 rings (SSSR count). The molecule has 0 amide bonds. The summed E-state index contributed by atoms with van der Waals surface area (Å²) in [7, 11) is 0. The number of aliphatic imine (C=N–C) groups is 3. The van der Waals surface area contributed by atoms with Crippen LogP contribution in [0.3, 0.4) is 0 Å². The van der Waals surface area contributed by atoms with Crippen LogP contribution in [0.4, 0.5) is 0 Å². The van der Waals surface area contributed by atoms with Crippen LogP contribution in [0.2, 0.25) is 0 Å². The third-order valence-corrected chi connectivity index (χ3v) is 0.799. The number of hydrogen-bond donors (Lipinski definition) is 1. The smallest absolute Gasteiger partial charge is 0.233 e. The third kappa shape index (κ3) is 1.56. The van der Waals surface area contributed by atoms with Crippen molar-refractivity contribution in [3.8, 4) is 0 Å². The Morgan fingerprint density at radius 3 is 2.67 bits per heavy atom. The molecule has 0 fully saturated rings. The zero-order valence-electron chi connectivity index (χ0n) is 4.73. The fraction of sp³-hybridized carbons (Fsp3) is 0.200. The predicted molar refractivity (Wildman–Crippen MR) is 38.0 cm³/mol. The first-order valence-electron chi connectivity index (χ1n) is 2.50. The standard InChI is InChI=1S/C5H6N4/c6-1-2-7-5-8-3-4-9-5/h1-6H. The molecule has 0 aromatic heterocycles. The predicted octanol–water partition coefficient (Wildman–Crippen LogP) is 0.146. The zero-order valence-corrected chi connectivity index (χ0v) is 4.73. The number of nitrogens with one attached hydrogen (secondary N) is 1. The summed E-state index contributed by atoms with van der Waals surface area (Å²) in [4.78, 5) is 11.4. The largest absolute Gasteiger partial charge is 0.307 e. The Hall–Kier alpha value is -1.32. The molecule has 0 saturated carbocycles.